The number of ether oxygens (including phenoxy) is 4. The van der Waals surface area contributed by atoms with Crippen molar-refractivity contribution >= 4 is 7.82 Å². The van der Waals surface area contributed by atoms with Crippen LogP contribution in [0, 0.1) is 11.8 Å². The summed E-state index contributed by atoms with van der Waals surface area (Å²) >= 11 is 0. The lowest BCUT2D eigenvalue weighted by molar-refractivity contribution is -0.0394. The molecule has 1 rings (SSSR count). The van der Waals surface area contributed by atoms with Crippen LogP contribution in [0.2, 0.25) is 0 Å². The Labute approximate surface area is 163 Å². The smallest absolute Gasteiger partial charge is 0.377 e. The van der Waals surface area contributed by atoms with Crippen LogP contribution in [0.3, 0.4) is 0 Å². The van der Waals surface area contributed by atoms with Crippen molar-refractivity contribution in [2.75, 3.05) is 52.9 Å². The van der Waals surface area contributed by atoms with Crippen molar-refractivity contribution in [1.82, 2.24) is 0 Å². The van der Waals surface area contributed by atoms with Gasteiger partial charge >= 0.3 is 7.82 Å². The molecule has 0 saturated carbocycles. The van der Waals surface area contributed by atoms with E-state index in [1.165, 1.54) is 0 Å². The van der Waals surface area contributed by atoms with Gasteiger partial charge in [-0.3, -0.25) is 9.05 Å². The first-order valence-corrected chi connectivity index (χ1v) is 11.3. The summed E-state index contributed by atoms with van der Waals surface area (Å²) in [5.74, 6) is 0.731. The molecule has 0 radical (unpaired) electrons. The monoisotopic (exact) mass is 412 g/mol. The molecule has 8 nitrogen and oxygen atoms in total. The lowest BCUT2D eigenvalue weighted by Crippen LogP contribution is -2.25. The van der Waals surface area contributed by atoms with Gasteiger partial charge in [0.25, 0.3) is 0 Å². The van der Waals surface area contributed by atoms with Gasteiger partial charge in [-0.25, -0.2) is 4.57 Å². The third kappa shape index (κ3) is 13.7. The summed E-state index contributed by atoms with van der Waals surface area (Å²) in [6, 6.07) is 0. The van der Waals surface area contributed by atoms with E-state index in [-0.39, 0.29) is 25.4 Å². The van der Waals surface area contributed by atoms with Crippen molar-refractivity contribution in [3.63, 3.8) is 0 Å². The maximum atomic E-state index is 12.2. The van der Waals surface area contributed by atoms with E-state index in [0.717, 1.165) is 0 Å². The highest BCUT2D eigenvalue weighted by Gasteiger charge is 2.26. The van der Waals surface area contributed by atoms with E-state index in [4.69, 9.17) is 28.0 Å². The zero-order valence-corrected chi connectivity index (χ0v) is 18.0. The van der Waals surface area contributed by atoms with Crippen LogP contribution in [-0.2, 0) is 32.6 Å². The lowest BCUT2D eigenvalue weighted by Gasteiger charge is -2.23. The van der Waals surface area contributed by atoms with Gasteiger partial charge in [-0.1, -0.05) is 27.7 Å². The summed E-state index contributed by atoms with van der Waals surface area (Å²) in [7, 11) is -4.18. The molecule has 2 unspecified atom stereocenters. The van der Waals surface area contributed by atoms with Crippen LogP contribution in [0.1, 0.15) is 40.5 Å². The summed E-state index contributed by atoms with van der Waals surface area (Å²) in [4.78, 5) is 9.98. The van der Waals surface area contributed by atoms with Crippen LogP contribution in [0.25, 0.3) is 0 Å². The number of rotatable bonds is 4. The zero-order chi connectivity index (χ0) is 20.1. The second-order valence-corrected chi connectivity index (χ2v) is 8.98. The van der Waals surface area contributed by atoms with Crippen molar-refractivity contribution in [2.45, 2.75) is 52.7 Å². The van der Waals surface area contributed by atoms with Crippen LogP contribution in [0.15, 0.2) is 0 Å². The van der Waals surface area contributed by atoms with Crippen LogP contribution in [-0.4, -0.2) is 70.0 Å². The number of phosphoric ester groups is 1. The third-order valence-electron chi connectivity index (χ3n) is 3.85. The second kappa shape index (κ2) is 14.0. The molecule has 0 bridgehead atoms. The molecule has 27 heavy (non-hydrogen) atoms. The molecular formula is C18H37O8P. The van der Waals surface area contributed by atoms with Gasteiger partial charge in [0.1, 0.15) is 0 Å². The first-order valence-electron chi connectivity index (χ1n) is 9.79. The molecule has 1 N–H and O–H groups in total. The van der Waals surface area contributed by atoms with E-state index >= 15 is 0 Å². The predicted molar refractivity (Wildman–Crippen MR) is 102 cm³/mol. The number of hydrogen-bond donors (Lipinski definition) is 1. The predicted octanol–water partition coefficient (Wildman–Crippen LogP) is 3.03. The molecule has 3 atom stereocenters. The van der Waals surface area contributed by atoms with E-state index in [2.05, 4.69) is 27.7 Å². The summed E-state index contributed by atoms with van der Waals surface area (Å²) in [6.45, 7) is 10.8. The minimum atomic E-state index is -4.18. The Kier molecular flexibility index (Phi) is 13.0. The first kappa shape index (κ1) is 25.0. The zero-order valence-electron chi connectivity index (χ0n) is 17.1. The number of hydrogen-bond acceptors (Lipinski definition) is 7. The molecule has 9 heteroatoms. The van der Waals surface area contributed by atoms with Gasteiger partial charge in [-0.15, -0.1) is 0 Å². The van der Waals surface area contributed by atoms with Gasteiger partial charge in [0.15, 0.2) is 0 Å². The minimum Gasteiger partial charge on any atom is -0.377 e. The molecule has 1 heterocycles. The molecule has 0 amide bonds. The molecule has 1 saturated heterocycles. The maximum absolute atomic E-state index is 12.2. The third-order valence-corrected chi connectivity index (χ3v) is 4.80. The second-order valence-electron chi connectivity index (χ2n) is 7.53. The van der Waals surface area contributed by atoms with Gasteiger partial charge in [-0.2, -0.15) is 0 Å². The molecule has 1 aliphatic heterocycles. The topological polar surface area (TPSA) is 92.7 Å². The molecule has 0 aromatic rings. The minimum absolute atomic E-state index is 0.00915. The Morgan fingerprint density at radius 3 is 1.52 bits per heavy atom. The van der Waals surface area contributed by atoms with Gasteiger partial charge in [0, 0.05) is 0 Å². The summed E-state index contributed by atoms with van der Waals surface area (Å²) < 4.78 is 45.0. The normalized spacial score (nSPS) is 31.1. The molecule has 0 aliphatic carbocycles. The number of phosphoric acid groups is 1. The Hall–Kier alpha value is -0.0500. The van der Waals surface area contributed by atoms with Crippen molar-refractivity contribution < 1.29 is 37.5 Å². The van der Waals surface area contributed by atoms with E-state index in [1.807, 2.05) is 0 Å². The van der Waals surface area contributed by atoms with Gasteiger partial charge < -0.3 is 23.8 Å². The fraction of sp³-hybridized carbons (Fsp3) is 1.00. The lowest BCUT2D eigenvalue weighted by atomic mass is 10.1. The average Bonchev–Trinajstić information content (AvgIpc) is 2.57. The summed E-state index contributed by atoms with van der Waals surface area (Å²) in [5.41, 5.74) is 0. The standard InChI is InChI=1S/C18H37O8P/c1-15(2)11-17-13-25-27(19,20)26-14-18(12-16(3)4)24-10-8-22-6-5-21-7-9-23-17/h15-18H,5-14H2,1-4H3,(H,19,20)/t17-,18?/m0/s1. The largest absolute Gasteiger partial charge is 0.472 e. The first-order chi connectivity index (χ1) is 12.8. The summed E-state index contributed by atoms with van der Waals surface area (Å²) in [6.07, 6.45) is 0.823. The van der Waals surface area contributed by atoms with E-state index in [0.29, 0.717) is 64.3 Å². The summed E-state index contributed by atoms with van der Waals surface area (Å²) in [5, 5.41) is 0. The van der Waals surface area contributed by atoms with Crippen molar-refractivity contribution in [2.24, 2.45) is 11.8 Å². The van der Waals surface area contributed by atoms with E-state index < -0.39 is 7.82 Å². The quantitative estimate of drug-likeness (QED) is 0.705. The van der Waals surface area contributed by atoms with E-state index in [1.54, 1.807) is 0 Å². The fourth-order valence-corrected chi connectivity index (χ4v) is 3.47. The maximum Gasteiger partial charge on any atom is 0.472 e. The SMILES string of the molecule is CC(C)CC1COP(=O)(O)OC[C@H](CC(C)C)OCCOCCOCCO1. The van der Waals surface area contributed by atoms with Crippen LogP contribution < -0.4 is 0 Å². The Bertz CT molecular complexity index is 384. The highest BCUT2D eigenvalue weighted by atomic mass is 31.2. The molecule has 1 aliphatic rings. The average molecular weight is 412 g/mol. The Morgan fingerprint density at radius 2 is 1.15 bits per heavy atom. The Balaban J connectivity index is 2.65. The van der Waals surface area contributed by atoms with Gasteiger partial charge in [0.05, 0.1) is 65.1 Å². The molecule has 1 fully saturated rings. The van der Waals surface area contributed by atoms with Crippen molar-refractivity contribution in [3.8, 4) is 0 Å². The van der Waals surface area contributed by atoms with Crippen LogP contribution in [0.5, 0.6) is 0 Å². The highest BCUT2D eigenvalue weighted by molar-refractivity contribution is 7.47. The Morgan fingerprint density at radius 1 is 0.778 bits per heavy atom. The van der Waals surface area contributed by atoms with Gasteiger partial charge in [-0.05, 0) is 24.7 Å². The van der Waals surface area contributed by atoms with Crippen LogP contribution >= 0.6 is 7.82 Å². The van der Waals surface area contributed by atoms with Crippen LogP contribution in [0.4, 0.5) is 0 Å². The van der Waals surface area contributed by atoms with Crippen molar-refractivity contribution in [1.29, 1.82) is 0 Å². The molecule has 0 aromatic heterocycles. The molecular weight excluding hydrogens is 375 g/mol. The fourth-order valence-electron chi connectivity index (χ4n) is 2.68. The highest BCUT2D eigenvalue weighted by Crippen LogP contribution is 2.44. The van der Waals surface area contributed by atoms with Crippen molar-refractivity contribution in [3.05, 3.63) is 0 Å². The molecule has 162 valence electrons. The van der Waals surface area contributed by atoms with E-state index in [9.17, 15) is 9.46 Å². The molecule has 0 spiro atoms. The molecule has 0 aromatic carbocycles. The van der Waals surface area contributed by atoms with Gasteiger partial charge in [0.2, 0.25) is 0 Å².